The molecule has 0 amide bonds. The largest absolute Gasteiger partial charge is 0.472 e. The molecule has 2 aromatic rings. The Hall–Kier alpha value is -1.33. The van der Waals surface area contributed by atoms with Gasteiger partial charge in [0.1, 0.15) is 14.6 Å². The van der Waals surface area contributed by atoms with Crippen molar-refractivity contribution >= 4 is 14.1 Å². The smallest absolute Gasteiger partial charge is 0.123 e. The van der Waals surface area contributed by atoms with E-state index in [4.69, 9.17) is 4.52 Å². The van der Waals surface area contributed by atoms with E-state index in [9.17, 15) is 0 Å². The van der Waals surface area contributed by atoms with Crippen LogP contribution in [0.25, 0.3) is 0 Å². The van der Waals surface area contributed by atoms with Gasteiger partial charge in [0.05, 0.1) is 0 Å². The highest BCUT2D eigenvalue weighted by molar-refractivity contribution is 7.42. The van der Waals surface area contributed by atoms with Crippen LogP contribution in [0.5, 0.6) is 5.75 Å². The summed E-state index contributed by atoms with van der Waals surface area (Å²) in [4.78, 5) is 0. The first-order chi connectivity index (χ1) is 9.85. The lowest BCUT2D eigenvalue weighted by atomic mass is 10.00. The molecule has 1 unspecified atom stereocenters. The standard InChI is InChI=1S/C18H23OP/c1-3-9-15-11-8-14-18(17(15)10-4-2)20-19-16-12-6-5-7-13-16/h5-8,11-14,20H,3-4,9-10H2,1-2H3. The fraction of sp³-hybridized carbons (Fsp3) is 0.333. The molecule has 0 heterocycles. The van der Waals surface area contributed by atoms with E-state index in [1.165, 1.54) is 35.7 Å². The van der Waals surface area contributed by atoms with Crippen LogP contribution in [0.4, 0.5) is 0 Å². The lowest BCUT2D eigenvalue weighted by Crippen LogP contribution is -2.09. The van der Waals surface area contributed by atoms with Crippen LogP contribution in [0, 0.1) is 0 Å². The molecule has 0 aromatic heterocycles. The summed E-state index contributed by atoms with van der Waals surface area (Å²) in [5.41, 5.74) is 3.00. The van der Waals surface area contributed by atoms with Gasteiger partial charge in [-0.3, -0.25) is 0 Å². The Morgan fingerprint density at radius 1 is 0.850 bits per heavy atom. The highest BCUT2D eigenvalue weighted by Crippen LogP contribution is 2.23. The Balaban J connectivity index is 2.15. The van der Waals surface area contributed by atoms with Crippen LogP contribution >= 0.6 is 8.81 Å². The van der Waals surface area contributed by atoms with E-state index in [2.05, 4.69) is 32.0 Å². The Kier molecular flexibility index (Phi) is 6.08. The van der Waals surface area contributed by atoms with Crippen LogP contribution in [-0.2, 0) is 12.8 Å². The second kappa shape index (κ2) is 8.07. The Bertz CT molecular complexity index is 522. The monoisotopic (exact) mass is 286 g/mol. The fourth-order valence-electron chi connectivity index (χ4n) is 2.38. The zero-order valence-electron chi connectivity index (χ0n) is 12.4. The van der Waals surface area contributed by atoms with Gasteiger partial charge in [-0.05, 0) is 36.1 Å². The molecular weight excluding hydrogens is 263 g/mol. The minimum atomic E-state index is 0.391. The van der Waals surface area contributed by atoms with Crippen molar-refractivity contribution in [2.75, 3.05) is 0 Å². The number of hydrogen-bond acceptors (Lipinski definition) is 1. The summed E-state index contributed by atoms with van der Waals surface area (Å²) in [7, 11) is 0.391. The van der Waals surface area contributed by atoms with Gasteiger partial charge in [-0.25, -0.2) is 0 Å². The molecule has 0 saturated carbocycles. The predicted molar refractivity (Wildman–Crippen MR) is 89.5 cm³/mol. The molecule has 0 aliphatic carbocycles. The lowest BCUT2D eigenvalue weighted by molar-refractivity contribution is 0.638. The van der Waals surface area contributed by atoms with E-state index in [0.717, 1.165) is 12.2 Å². The van der Waals surface area contributed by atoms with Crippen molar-refractivity contribution in [3.8, 4) is 5.75 Å². The van der Waals surface area contributed by atoms with Crippen LogP contribution in [0.3, 0.4) is 0 Å². The van der Waals surface area contributed by atoms with Crippen LogP contribution < -0.4 is 9.83 Å². The Morgan fingerprint density at radius 3 is 2.30 bits per heavy atom. The zero-order chi connectivity index (χ0) is 14.2. The van der Waals surface area contributed by atoms with E-state index in [1.807, 2.05) is 30.3 Å². The molecule has 1 atom stereocenters. The average Bonchev–Trinajstić information content (AvgIpc) is 2.49. The first-order valence-electron chi connectivity index (χ1n) is 7.43. The molecule has 0 aliphatic heterocycles. The third kappa shape index (κ3) is 4.08. The summed E-state index contributed by atoms with van der Waals surface area (Å²) in [5, 5.41) is 1.36. The van der Waals surface area contributed by atoms with E-state index < -0.39 is 0 Å². The quantitative estimate of drug-likeness (QED) is 0.658. The number of aryl methyl sites for hydroxylation is 1. The summed E-state index contributed by atoms with van der Waals surface area (Å²) in [5.74, 6) is 0.953. The Morgan fingerprint density at radius 2 is 1.60 bits per heavy atom. The van der Waals surface area contributed by atoms with Gasteiger partial charge in [0.25, 0.3) is 0 Å². The molecular formula is C18H23OP. The van der Waals surface area contributed by atoms with Gasteiger partial charge in [-0.2, -0.15) is 0 Å². The van der Waals surface area contributed by atoms with Gasteiger partial charge >= 0.3 is 0 Å². The molecule has 0 N–H and O–H groups in total. The van der Waals surface area contributed by atoms with Crippen molar-refractivity contribution in [2.24, 2.45) is 0 Å². The first kappa shape index (κ1) is 15.1. The van der Waals surface area contributed by atoms with Crippen LogP contribution in [0.2, 0.25) is 0 Å². The van der Waals surface area contributed by atoms with Crippen molar-refractivity contribution in [3.63, 3.8) is 0 Å². The van der Waals surface area contributed by atoms with Crippen molar-refractivity contribution in [1.82, 2.24) is 0 Å². The second-order valence-electron chi connectivity index (χ2n) is 4.96. The normalized spacial score (nSPS) is 11.1. The van der Waals surface area contributed by atoms with E-state index in [1.54, 1.807) is 0 Å². The van der Waals surface area contributed by atoms with Gasteiger partial charge in [-0.15, -0.1) is 0 Å². The molecule has 2 aromatic carbocycles. The maximum Gasteiger partial charge on any atom is 0.123 e. The highest BCUT2D eigenvalue weighted by atomic mass is 31.1. The molecule has 0 saturated heterocycles. The van der Waals surface area contributed by atoms with Crippen LogP contribution in [-0.4, -0.2) is 0 Å². The van der Waals surface area contributed by atoms with Crippen LogP contribution in [0.15, 0.2) is 48.5 Å². The summed E-state index contributed by atoms with van der Waals surface area (Å²) in [6.45, 7) is 4.48. The van der Waals surface area contributed by atoms with E-state index in [0.29, 0.717) is 8.81 Å². The molecule has 2 heteroatoms. The molecule has 0 spiro atoms. The molecule has 2 rings (SSSR count). The van der Waals surface area contributed by atoms with Crippen molar-refractivity contribution < 1.29 is 4.52 Å². The topological polar surface area (TPSA) is 9.23 Å². The molecule has 20 heavy (non-hydrogen) atoms. The Labute approximate surface area is 124 Å². The predicted octanol–water partition coefficient (Wildman–Crippen LogP) is 4.89. The molecule has 0 fully saturated rings. The zero-order valence-corrected chi connectivity index (χ0v) is 13.4. The SMILES string of the molecule is CCCc1cccc(POc2ccccc2)c1CCC. The maximum absolute atomic E-state index is 5.94. The highest BCUT2D eigenvalue weighted by Gasteiger charge is 2.08. The van der Waals surface area contributed by atoms with Crippen molar-refractivity contribution in [3.05, 3.63) is 59.7 Å². The summed E-state index contributed by atoms with van der Waals surface area (Å²) >= 11 is 0. The molecule has 106 valence electrons. The fourth-order valence-corrected chi connectivity index (χ4v) is 3.32. The average molecular weight is 286 g/mol. The van der Waals surface area contributed by atoms with E-state index >= 15 is 0 Å². The number of benzene rings is 2. The number of hydrogen-bond donors (Lipinski definition) is 0. The second-order valence-corrected chi connectivity index (χ2v) is 5.91. The summed E-state index contributed by atoms with van der Waals surface area (Å²) in [6, 6.07) is 16.7. The maximum atomic E-state index is 5.94. The molecule has 0 aliphatic rings. The number of para-hydroxylation sites is 1. The van der Waals surface area contributed by atoms with E-state index in [-0.39, 0.29) is 0 Å². The summed E-state index contributed by atoms with van der Waals surface area (Å²) in [6.07, 6.45) is 4.70. The molecule has 0 bridgehead atoms. The third-order valence-electron chi connectivity index (χ3n) is 3.31. The minimum absolute atomic E-state index is 0.391. The van der Waals surface area contributed by atoms with Crippen molar-refractivity contribution in [2.45, 2.75) is 39.5 Å². The third-order valence-corrected chi connectivity index (χ3v) is 4.34. The minimum Gasteiger partial charge on any atom is -0.472 e. The molecule has 1 nitrogen and oxygen atoms in total. The first-order valence-corrected chi connectivity index (χ1v) is 8.34. The van der Waals surface area contributed by atoms with Gasteiger partial charge in [0, 0.05) is 5.30 Å². The number of rotatable bonds is 7. The van der Waals surface area contributed by atoms with Gasteiger partial charge < -0.3 is 4.52 Å². The van der Waals surface area contributed by atoms with Gasteiger partial charge in [0.2, 0.25) is 0 Å². The van der Waals surface area contributed by atoms with Gasteiger partial charge in [-0.1, -0.05) is 63.1 Å². The van der Waals surface area contributed by atoms with Gasteiger partial charge in [0.15, 0.2) is 0 Å². The van der Waals surface area contributed by atoms with Crippen LogP contribution in [0.1, 0.15) is 37.8 Å². The lowest BCUT2D eigenvalue weighted by Gasteiger charge is -2.14. The molecule has 0 radical (unpaired) electrons. The van der Waals surface area contributed by atoms with Crippen molar-refractivity contribution in [1.29, 1.82) is 0 Å². The summed E-state index contributed by atoms with van der Waals surface area (Å²) < 4.78 is 5.94.